The maximum atomic E-state index is 12.5. The molecule has 0 aliphatic carbocycles. The predicted molar refractivity (Wildman–Crippen MR) is 88.2 cm³/mol. The first-order valence-electron chi connectivity index (χ1n) is 8.18. The van der Waals surface area contributed by atoms with E-state index >= 15 is 0 Å². The molecular formula is C17H18N6O2. The van der Waals surface area contributed by atoms with Gasteiger partial charge in [0.05, 0.1) is 12.2 Å². The van der Waals surface area contributed by atoms with Crippen LogP contribution in [0.3, 0.4) is 0 Å². The first-order chi connectivity index (χ1) is 12.2. The van der Waals surface area contributed by atoms with Gasteiger partial charge in [-0.25, -0.2) is 4.98 Å². The molecular weight excluding hydrogens is 320 g/mol. The second-order valence-electron chi connectivity index (χ2n) is 6.31. The molecule has 3 aromatic rings. The highest BCUT2D eigenvalue weighted by Gasteiger charge is 2.36. The third kappa shape index (κ3) is 3.15. The fraction of sp³-hybridized carbons (Fsp3) is 0.353. The summed E-state index contributed by atoms with van der Waals surface area (Å²) in [7, 11) is 0. The fourth-order valence-corrected chi connectivity index (χ4v) is 3.13. The molecule has 1 aliphatic rings. The molecule has 8 heteroatoms. The maximum absolute atomic E-state index is 12.5. The van der Waals surface area contributed by atoms with Crippen molar-refractivity contribution in [3.8, 4) is 11.4 Å². The Labute approximate surface area is 144 Å². The van der Waals surface area contributed by atoms with Gasteiger partial charge in [-0.3, -0.25) is 9.78 Å². The Kier molecular flexibility index (Phi) is 4.01. The van der Waals surface area contributed by atoms with Crippen LogP contribution in [-0.4, -0.2) is 48.6 Å². The highest BCUT2D eigenvalue weighted by atomic mass is 16.5. The molecule has 128 valence electrons. The largest absolute Gasteiger partial charge is 0.340 e. The van der Waals surface area contributed by atoms with Crippen molar-refractivity contribution in [2.45, 2.75) is 19.4 Å². The highest BCUT2D eigenvalue weighted by Crippen LogP contribution is 2.32. The van der Waals surface area contributed by atoms with Gasteiger partial charge < -0.3 is 14.0 Å². The SMILES string of the molecule is CC1CN(C(=O)Cn2ccnc2)CC1c1nc(-c2ccncc2)no1. The summed E-state index contributed by atoms with van der Waals surface area (Å²) in [6.07, 6.45) is 8.49. The minimum absolute atomic E-state index is 0.0508. The van der Waals surface area contributed by atoms with Crippen LogP contribution in [0.4, 0.5) is 0 Å². The number of pyridine rings is 1. The van der Waals surface area contributed by atoms with Crippen LogP contribution >= 0.6 is 0 Å². The molecule has 0 aromatic carbocycles. The van der Waals surface area contributed by atoms with Crippen LogP contribution in [0.25, 0.3) is 11.4 Å². The van der Waals surface area contributed by atoms with Crippen molar-refractivity contribution in [2.75, 3.05) is 13.1 Å². The molecule has 8 nitrogen and oxygen atoms in total. The van der Waals surface area contributed by atoms with E-state index in [1.807, 2.05) is 17.0 Å². The van der Waals surface area contributed by atoms with Gasteiger partial charge in [-0.2, -0.15) is 4.98 Å². The Balaban J connectivity index is 1.46. The number of hydrogen-bond donors (Lipinski definition) is 0. The first-order valence-corrected chi connectivity index (χ1v) is 8.18. The summed E-state index contributed by atoms with van der Waals surface area (Å²) in [4.78, 5) is 26.8. The van der Waals surface area contributed by atoms with Gasteiger partial charge in [0.25, 0.3) is 0 Å². The summed E-state index contributed by atoms with van der Waals surface area (Å²) in [5.74, 6) is 1.51. The fourth-order valence-electron chi connectivity index (χ4n) is 3.13. The number of imidazole rings is 1. The lowest BCUT2D eigenvalue weighted by Crippen LogP contribution is -2.31. The maximum Gasteiger partial charge on any atom is 0.242 e. The molecule has 4 heterocycles. The molecule has 1 fully saturated rings. The molecule has 0 radical (unpaired) electrons. The standard InChI is InChI=1S/C17H18N6O2/c1-12-8-23(15(24)10-22-7-6-19-11-22)9-14(12)17-20-16(21-25-17)13-2-4-18-5-3-13/h2-7,11-12,14H,8-10H2,1H3. The van der Waals surface area contributed by atoms with Crippen molar-refractivity contribution in [1.29, 1.82) is 0 Å². The van der Waals surface area contributed by atoms with E-state index in [9.17, 15) is 4.79 Å². The van der Waals surface area contributed by atoms with Gasteiger partial charge in [-0.1, -0.05) is 12.1 Å². The van der Waals surface area contributed by atoms with E-state index in [-0.39, 0.29) is 17.7 Å². The third-order valence-corrected chi connectivity index (χ3v) is 4.54. The Morgan fingerprint density at radius 1 is 1.24 bits per heavy atom. The average molecular weight is 338 g/mol. The zero-order valence-electron chi connectivity index (χ0n) is 13.8. The molecule has 2 atom stereocenters. The molecule has 1 saturated heterocycles. The number of likely N-dealkylation sites (tertiary alicyclic amines) is 1. The van der Waals surface area contributed by atoms with Gasteiger partial charge in [-0.05, 0) is 18.1 Å². The molecule has 3 aromatic heterocycles. The van der Waals surface area contributed by atoms with Crippen LogP contribution < -0.4 is 0 Å². The summed E-state index contributed by atoms with van der Waals surface area (Å²) >= 11 is 0. The predicted octanol–water partition coefficient (Wildman–Crippen LogP) is 1.59. The smallest absolute Gasteiger partial charge is 0.242 e. The van der Waals surface area contributed by atoms with Crippen molar-refractivity contribution in [3.05, 3.63) is 49.1 Å². The van der Waals surface area contributed by atoms with Crippen LogP contribution in [0.15, 0.2) is 47.8 Å². The molecule has 1 aliphatic heterocycles. The van der Waals surface area contributed by atoms with E-state index in [0.717, 1.165) is 5.56 Å². The van der Waals surface area contributed by atoms with Gasteiger partial charge in [0.15, 0.2) is 0 Å². The Morgan fingerprint density at radius 3 is 2.84 bits per heavy atom. The molecule has 4 rings (SSSR count). The van der Waals surface area contributed by atoms with E-state index in [1.54, 1.807) is 35.7 Å². The summed E-state index contributed by atoms with van der Waals surface area (Å²) < 4.78 is 7.25. The van der Waals surface area contributed by atoms with E-state index in [4.69, 9.17) is 4.52 Å². The number of aromatic nitrogens is 5. The van der Waals surface area contributed by atoms with Gasteiger partial charge in [-0.15, -0.1) is 0 Å². The van der Waals surface area contributed by atoms with Crippen molar-refractivity contribution in [2.24, 2.45) is 5.92 Å². The minimum atomic E-state index is 0.0508. The number of nitrogens with zero attached hydrogens (tertiary/aromatic N) is 6. The van der Waals surface area contributed by atoms with Crippen LogP contribution in [-0.2, 0) is 11.3 Å². The van der Waals surface area contributed by atoms with Crippen LogP contribution in [0.5, 0.6) is 0 Å². The van der Waals surface area contributed by atoms with Crippen molar-refractivity contribution >= 4 is 5.91 Å². The molecule has 2 unspecified atom stereocenters. The third-order valence-electron chi connectivity index (χ3n) is 4.54. The lowest BCUT2D eigenvalue weighted by molar-refractivity contribution is -0.130. The van der Waals surface area contributed by atoms with Crippen molar-refractivity contribution < 1.29 is 9.32 Å². The van der Waals surface area contributed by atoms with Crippen LogP contribution in [0.1, 0.15) is 18.7 Å². The Hall–Kier alpha value is -3.03. The second-order valence-corrected chi connectivity index (χ2v) is 6.31. The zero-order valence-corrected chi connectivity index (χ0v) is 13.8. The highest BCUT2D eigenvalue weighted by molar-refractivity contribution is 5.76. The lowest BCUT2D eigenvalue weighted by Gasteiger charge is -2.16. The number of carbonyl (C=O) groups is 1. The molecule has 0 N–H and O–H groups in total. The topological polar surface area (TPSA) is 89.9 Å². The summed E-state index contributed by atoms with van der Waals surface area (Å²) in [5, 5.41) is 4.07. The number of hydrogen-bond acceptors (Lipinski definition) is 6. The Morgan fingerprint density at radius 2 is 2.08 bits per heavy atom. The van der Waals surface area contributed by atoms with Gasteiger partial charge in [0.1, 0.15) is 6.54 Å². The summed E-state index contributed by atoms with van der Waals surface area (Å²) in [5.41, 5.74) is 0.865. The minimum Gasteiger partial charge on any atom is -0.340 e. The monoisotopic (exact) mass is 338 g/mol. The van der Waals surface area contributed by atoms with Crippen molar-refractivity contribution in [1.82, 2.24) is 29.6 Å². The molecule has 0 spiro atoms. The van der Waals surface area contributed by atoms with E-state index < -0.39 is 0 Å². The number of rotatable bonds is 4. The van der Waals surface area contributed by atoms with E-state index in [2.05, 4.69) is 27.0 Å². The average Bonchev–Trinajstić information content (AvgIpc) is 3.36. The number of carbonyl (C=O) groups excluding carboxylic acids is 1. The summed E-state index contributed by atoms with van der Waals surface area (Å²) in [6.45, 7) is 3.68. The van der Waals surface area contributed by atoms with Crippen molar-refractivity contribution in [3.63, 3.8) is 0 Å². The van der Waals surface area contributed by atoms with Crippen LogP contribution in [0, 0.1) is 5.92 Å². The van der Waals surface area contributed by atoms with Crippen LogP contribution in [0.2, 0.25) is 0 Å². The van der Waals surface area contributed by atoms with Gasteiger partial charge in [0, 0.05) is 43.4 Å². The van der Waals surface area contributed by atoms with E-state index in [1.165, 1.54) is 0 Å². The summed E-state index contributed by atoms with van der Waals surface area (Å²) in [6, 6.07) is 3.68. The van der Waals surface area contributed by atoms with Gasteiger partial charge in [0.2, 0.25) is 17.6 Å². The second kappa shape index (κ2) is 6.46. The molecule has 0 bridgehead atoms. The normalized spacial score (nSPS) is 20.1. The number of amides is 1. The Bertz CT molecular complexity index is 845. The van der Waals surface area contributed by atoms with Gasteiger partial charge >= 0.3 is 0 Å². The zero-order chi connectivity index (χ0) is 17.2. The molecule has 0 saturated carbocycles. The van der Waals surface area contributed by atoms with E-state index in [0.29, 0.717) is 31.3 Å². The quantitative estimate of drug-likeness (QED) is 0.717. The molecule has 25 heavy (non-hydrogen) atoms. The molecule has 1 amide bonds. The lowest BCUT2D eigenvalue weighted by atomic mass is 9.98. The first kappa shape index (κ1) is 15.5.